The van der Waals surface area contributed by atoms with Crippen molar-refractivity contribution in [2.24, 2.45) is 7.05 Å². The van der Waals surface area contributed by atoms with Gasteiger partial charge in [-0.15, -0.1) is 0 Å². The summed E-state index contributed by atoms with van der Waals surface area (Å²) in [6.45, 7) is 0. The van der Waals surface area contributed by atoms with Crippen LogP contribution < -0.4 is 0 Å². The lowest BCUT2D eigenvalue weighted by molar-refractivity contribution is 0.446. The summed E-state index contributed by atoms with van der Waals surface area (Å²) in [6.07, 6.45) is 6.62. The van der Waals surface area contributed by atoms with Crippen molar-refractivity contribution in [3.8, 4) is 0 Å². The van der Waals surface area contributed by atoms with Crippen LogP contribution in [0.1, 0.15) is 43.6 Å². The van der Waals surface area contributed by atoms with E-state index in [9.17, 15) is 0 Å². The average Bonchev–Trinajstić information content (AvgIpc) is 3.23. The van der Waals surface area contributed by atoms with Crippen LogP contribution in [-0.4, -0.2) is 4.57 Å². The highest BCUT2D eigenvalue weighted by Crippen LogP contribution is 2.46. The predicted molar refractivity (Wildman–Crippen MR) is 114 cm³/mol. The number of hydrogen-bond donors (Lipinski definition) is 0. The highest BCUT2D eigenvalue weighted by molar-refractivity contribution is 6.19. The van der Waals surface area contributed by atoms with Crippen molar-refractivity contribution < 1.29 is 4.42 Å². The molecule has 134 valence electrons. The molecule has 1 saturated carbocycles. The second kappa shape index (κ2) is 5.63. The van der Waals surface area contributed by atoms with Crippen LogP contribution in [0.15, 0.2) is 59.0 Å². The summed E-state index contributed by atoms with van der Waals surface area (Å²) in [4.78, 5) is 0. The normalized spacial score (nSPS) is 16.2. The molecule has 0 aliphatic heterocycles. The number of nitrogens with zero attached hydrogens (tertiary/aromatic N) is 1. The van der Waals surface area contributed by atoms with Crippen LogP contribution in [0.3, 0.4) is 0 Å². The van der Waals surface area contributed by atoms with Crippen molar-refractivity contribution >= 4 is 43.7 Å². The van der Waals surface area contributed by atoms with Gasteiger partial charge in [-0.05, 0) is 42.5 Å². The number of fused-ring (bicyclic) bond motifs is 6. The van der Waals surface area contributed by atoms with E-state index in [-0.39, 0.29) is 0 Å². The van der Waals surface area contributed by atoms with Crippen LogP contribution in [-0.2, 0) is 7.05 Å². The van der Waals surface area contributed by atoms with Gasteiger partial charge < -0.3 is 8.98 Å². The maximum atomic E-state index is 6.34. The number of aromatic nitrogens is 1. The van der Waals surface area contributed by atoms with Gasteiger partial charge in [0.05, 0.1) is 5.52 Å². The van der Waals surface area contributed by atoms with E-state index in [1.54, 1.807) is 0 Å². The fraction of sp³-hybridized carbons (Fsp3) is 0.280. The number of furan rings is 1. The standard InChI is InChI=1S/C25H23NO/c1-26-20-13-7-5-11-17(20)19-15-22-24(18-12-6-8-14-21(18)27-22)23(25(19)26)16-9-3-2-4-10-16/h5-8,11-16H,2-4,9-10H2,1H3. The van der Waals surface area contributed by atoms with E-state index in [2.05, 4.69) is 66.2 Å². The van der Waals surface area contributed by atoms with Crippen molar-refractivity contribution in [1.29, 1.82) is 0 Å². The predicted octanol–water partition coefficient (Wildman–Crippen LogP) is 7.28. The van der Waals surface area contributed by atoms with Gasteiger partial charge in [-0.3, -0.25) is 0 Å². The molecule has 2 heterocycles. The Morgan fingerprint density at radius 3 is 2.41 bits per heavy atom. The van der Waals surface area contributed by atoms with Gasteiger partial charge in [-0.1, -0.05) is 55.7 Å². The molecule has 2 aromatic heterocycles. The third kappa shape index (κ3) is 2.07. The minimum Gasteiger partial charge on any atom is -0.456 e. The van der Waals surface area contributed by atoms with Gasteiger partial charge in [0, 0.05) is 34.1 Å². The van der Waals surface area contributed by atoms with Crippen molar-refractivity contribution in [1.82, 2.24) is 4.57 Å². The van der Waals surface area contributed by atoms with Crippen molar-refractivity contribution in [3.63, 3.8) is 0 Å². The van der Waals surface area contributed by atoms with Gasteiger partial charge in [0.25, 0.3) is 0 Å². The lowest BCUT2D eigenvalue weighted by atomic mass is 9.81. The molecule has 0 unspecified atom stereocenters. The molecule has 0 spiro atoms. The Balaban J connectivity index is 1.86. The first-order valence-electron chi connectivity index (χ1n) is 10.1. The summed E-state index contributed by atoms with van der Waals surface area (Å²) in [7, 11) is 2.23. The molecule has 0 N–H and O–H groups in total. The molecule has 0 radical (unpaired) electrons. The number of benzene rings is 3. The largest absolute Gasteiger partial charge is 0.456 e. The molecule has 1 fully saturated rings. The Labute approximate surface area is 158 Å². The molecule has 1 aliphatic rings. The zero-order valence-corrected chi connectivity index (χ0v) is 15.7. The quantitative estimate of drug-likeness (QED) is 0.310. The van der Waals surface area contributed by atoms with Gasteiger partial charge in [0.1, 0.15) is 11.2 Å². The molecular formula is C25H23NO. The minimum absolute atomic E-state index is 0.619. The fourth-order valence-electron chi connectivity index (χ4n) is 5.38. The zero-order valence-electron chi connectivity index (χ0n) is 15.7. The van der Waals surface area contributed by atoms with Crippen LogP contribution in [0.5, 0.6) is 0 Å². The molecular weight excluding hydrogens is 330 g/mol. The van der Waals surface area contributed by atoms with E-state index in [0.717, 1.165) is 11.2 Å². The molecule has 3 aromatic carbocycles. The van der Waals surface area contributed by atoms with E-state index in [4.69, 9.17) is 4.42 Å². The van der Waals surface area contributed by atoms with E-state index in [0.29, 0.717) is 5.92 Å². The van der Waals surface area contributed by atoms with E-state index >= 15 is 0 Å². The molecule has 0 saturated heterocycles. The summed E-state index contributed by atoms with van der Waals surface area (Å²) >= 11 is 0. The Morgan fingerprint density at radius 1 is 0.815 bits per heavy atom. The zero-order chi connectivity index (χ0) is 18.0. The first-order chi connectivity index (χ1) is 13.3. The molecule has 27 heavy (non-hydrogen) atoms. The van der Waals surface area contributed by atoms with Crippen molar-refractivity contribution in [2.45, 2.75) is 38.0 Å². The summed E-state index contributed by atoms with van der Waals surface area (Å²) in [5.74, 6) is 0.619. The Kier molecular flexibility index (Phi) is 3.19. The van der Waals surface area contributed by atoms with E-state index in [1.165, 1.54) is 70.2 Å². The van der Waals surface area contributed by atoms with Crippen molar-refractivity contribution in [2.75, 3.05) is 0 Å². The third-order valence-electron chi connectivity index (χ3n) is 6.58. The molecule has 5 aromatic rings. The number of aryl methyl sites for hydroxylation is 1. The first kappa shape index (κ1) is 15.3. The fourth-order valence-corrected chi connectivity index (χ4v) is 5.38. The SMILES string of the molecule is Cn1c2ccccc2c2cc3oc4ccccc4c3c(C3CCCCC3)c21. The van der Waals surface area contributed by atoms with Crippen LogP contribution in [0.2, 0.25) is 0 Å². The first-order valence-corrected chi connectivity index (χ1v) is 10.1. The van der Waals surface area contributed by atoms with Crippen LogP contribution in [0.4, 0.5) is 0 Å². The summed E-state index contributed by atoms with van der Waals surface area (Å²) in [6, 6.07) is 19.6. The highest BCUT2D eigenvalue weighted by atomic mass is 16.3. The Morgan fingerprint density at radius 2 is 1.56 bits per heavy atom. The van der Waals surface area contributed by atoms with Gasteiger partial charge >= 0.3 is 0 Å². The second-order valence-corrected chi connectivity index (χ2v) is 8.07. The molecule has 0 amide bonds. The number of hydrogen-bond acceptors (Lipinski definition) is 1. The second-order valence-electron chi connectivity index (χ2n) is 8.07. The van der Waals surface area contributed by atoms with Gasteiger partial charge in [-0.2, -0.15) is 0 Å². The summed E-state index contributed by atoms with van der Waals surface area (Å²) < 4.78 is 8.75. The molecule has 2 heteroatoms. The van der Waals surface area contributed by atoms with Crippen LogP contribution in [0.25, 0.3) is 43.7 Å². The average molecular weight is 353 g/mol. The Hall–Kier alpha value is -2.74. The number of rotatable bonds is 1. The Bertz CT molecular complexity index is 1310. The minimum atomic E-state index is 0.619. The lowest BCUT2D eigenvalue weighted by Crippen LogP contribution is -2.07. The molecule has 2 nitrogen and oxygen atoms in total. The lowest BCUT2D eigenvalue weighted by Gasteiger charge is -2.24. The number of para-hydroxylation sites is 2. The summed E-state index contributed by atoms with van der Waals surface area (Å²) in [5, 5.41) is 5.27. The molecule has 0 bridgehead atoms. The maximum absolute atomic E-state index is 6.34. The van der Waals surface area contributed by atoms with Gasteiger partial charge in [0.2, 0.25) is 0 Å². The molecule has 1 aliphatic carbocycles. The van der Waals surface area contributed by atoms with E-state index in [1.807, 2.05) is 0 Å². The topological polar surface area (TPSA) is 18.1 Å². The smallest absolute Gasteiger partial charge is 0.136 e. The molecule has 6 rings (SSSR count). The van der Waals surface area contributed by atoms with Crippen LogP contribution >= 0.6 is 0 Å². The van der Waals surface area contributed by atoms with E-state index < -0.39 is 0 Å². The molecule has 0 atom stereocenters. The third-order valence-corrected chi connectivity index (χ3v) is 6.58. The van der Waals surface area contributed by atoms with Crippen molar-refractivity contribution in [3.05, 3.63) is 60.2 Å². The van der Waals surface area contributed by atoms with Gasteiger partial charge in [-0.25, -0.2) is 0 Å². The highest BCUT2D eigenvalue weighted by Gasteiger charge is 2.26. The monoisotopic (exact) mass is 353 g/mol. The maximum Gasteiger partial charge on any atom is 0.136 e. The van der Waals surface area contributed by atoms with Crippen LogP contribution in [0, 0.1) is 0 Å². The van der Waals surface area contributed by atoms with Gasteiger partial charge in [0.15, 0.2) is 0 Å². The summed E-state index contributed by atoms with van der Waals surface area (Å²) in [5.41, 5.74) is 6.28.